The summed E-state index contributed by atoms with van der Waals surface area (Å²) in [5, 5.41) is 10.5. The quantitative estimate of drug-likeness (QED) is 0.318. The van der Waals surface area contributed by atoms with E-state index < -0.39 is 4.92 Å². The Bertz CT molecular complexity index is 396. The first kappa shape index (κ1) is 10.1. The van der Waals surface area contributed by atoms with E-state index in [-0.39, 0.29) is 5.69 Å². The number of nitro benzene ring substituents is 1. The van der Waals surface area contributed by atoms with Gasteiger partial charge in [0.25, 0.3) is 5.69 Å². The molecule has 4 nitrogen and oxygen atoms in total. The van der Waals surface area contributed by atoms with Crippen molar-refractivity contribution in [3.05, 3.63) is 45.5 Å². The number of hydrogen-bond acceptors (Lipinski definition) is 3. The van der Waals surface area contributed by atoms with E-state index in [1.54, 1.807) is 25.1 Å². The molecule has 0 amide bonds. The Labute approximate surface area is 81.0 Å². The molecule has 0 aliphatic heterocycles. The number of nitro groups is 1. The molecule has 0 heterocycles. The van der Waals surface area contributed by atoms with E-state index in [0.717, 1.165) is 5.56 Å². The van der Waals surface area contributed by atoms with Gasteiger partial charge in [-0.15, -0.1) is 0 Å². The van der Waals surface area contributed by atoms with Crippen LogP contribution in [-0.2, 0) is 4.79 Å². The van der Waals surface area contributed by atoms with Crippen LogP contribution < -0.4 is 0 Å². The second-order valence-corrected chi connectivity index (χ2v) is 2.80. The minimum atomic E-state index is -0.428. The molecule has 0 aromatic heterocycles. The van der Waals surface area contributed by atoms with Gasteiger partial charge in [0.2, 0.25) is 0 Å². The zero-order valence-electron chi connectivity index (χ0n) is 7.64. The monoisotopic (exact) mass is 191 g/mol. The number of hydrogen-bond donors (Lipinski definition) is 0. The van der Waals surface area contributed by atoms with Crippen LogP contribution in [0.5, 0.6) is 0 Å². The Hall–Kier alpha value is -1.97. The van der Waals surface area contributed by atoms with Gasteiger partial charge in [-0.3, -0.25) is 14.9 Å². The lowest BCUT2D eigenvalue weighted by molar-refractivity contribution is -0.385. The van der Waals surface area contributed by atoms with Gasteiger partial charge >= 0.3 is 0 Å². The van der Waals surface area contributed by atoms with Gasteiger partial charge in [-0.1, -0.05) is 6.08 Å². The minimum absolute atomic E-state index is 0.0910. The van der Waals surface area contributed by atoms with Crippen LogP contribution in [0.2, 0.25) is 0 Å². The summed E-state index contributed by atoms with van der Waals surface area (Å²) >= 11 is 0. The summed E-state index contributed by atoms with van der Waals surface area (Å²) in [5.74, 6) is 0. The van der Waals surface area contributed by atoms with Gasteiger partial charge in [0, 0.05) is 11.6 Å². The predicted octanol–water partition coefficient (Wildman–Crippen LogP) is 2.12. The van der Waals surface area contributed by atoms with Gasteiger partial charge in [-0.25, -0.2) is 0 Å². The zero-order chi connectivity index (χ0) is 10.6. The summed E-state index contributed by atoms with van der Waals surface area (Å²) in [7, 11) is 0. The van der Waals surface area contributed by atoms with E-state index in [1.165, 1.54) is 12.1 Å². The second-order valence-electron chi connectivity index (χ2n) is 2.80. The molecule has 1 rings (SSSR count). The van der Waals surface area contributed by atoms with E-state index in [1.807, 2.05) is 0 Å². The molecule has 0 saturated carbocycles. The fraction of sp³-hybridized carbons (Fsp3) is 0.100. The van der Waals surface area contributed by atoms with Crippen molar-refractivity contribution < 1.29 is 9.72 Å². The molecule has 4 heteroatoms. The summed E-state index contributed by atoms with van der Waals surface area (Å²) in [6.07, 6.45) is 3.61. The number of benzene rings is 1. The lowest BCUT2D eigenvalue weighted by Crippen LogP contribution is -1.91. The molecule has 0 unspecified atom stereocenters. The first-order valence-electron chi connectivity index (χ1n) is 4.02. The molecule has 0 aliphatic rings. The van der Waals surface area contributed by atoms with Gasteiger partial charge in [-0.05, 0) is 30.7 Å². The van der Waals surface area contributed by atoms with E-state index in [0.29, 0.717) is 11.8 Å². The van der Waals surface area contributed by atoms with Gasteiger partial charge in [0.15, 0.2) is 0 Å². The summed E-state index contributed by atoms with van der Waals surface area (Å²) in [5.41, 5.74) is 1.46. The van der Waals surface area contributed by atoms with Crippen LogP contribution in [0.15, 0.2) is 24.3 Å². The van der Waals surface area contributed by atoms with E-state index >= 15 is 0 Å². The molecule has 72 valence electrons. The highest BCUT2D eigenvalue weighted by atomic mass is 16.6. The smallest absolute Gasteiger partial charge is 0.272 e. The van der Waals surface area contributed by atoms with E-state index in [4.69, 9.17) is 0 Å². The third-order valence-corrected chi connectivity index (χ3v) is 1.78. The minimum Gasteiger partial charge on any atom is -0.299 e. The molecule has 0 fully saturated rings. The van der Waals surface area contributed by atoms with Gasteiger partial charge in [0.1, 0.15) is 6.29 Å². The molecule has 1 aromatic carbocycles. The first-order valence-corrected chi connectivity index (χ1v) is 4.02. The molecule has 0 saturated heterocycles. The van der Waals surface area contributed by atoms with Gasteiger partial charge in [-0.2, -0.15) is 0 Å². The number of aryl methyl sites for hydroxylation is 1. The standard InChI is InChI=1S/C10H9NO3/c1-8-7-9(3-2-6-12)4-5-10(8)11(13)14/h2-7H,1H3/b3-2+. The van der Waals surface area contributed by atoms with Crippen LogP contribution in [0.3, 0.4) is 0 Å². The molecular formula is C10H9NO3. The van der Waals surface area contributed by atoms with Crippen molar-refractivity contribution in [2.75, 3.05) is 0 Å². The van der Waals surface area contributed by atoms with Crippen LogP contribution in [-0.4, -0.2) is 11.2 Å². The Morgan fingerprint density at radius 1 is 1.43 bits per heavy atom. The molecule has 0 spiro atoms. The van der Waals surface area contributed by atoms with Crippen molar-refractivity contribution in [2.24, 2.45) is 0 Å². The molecule has 0 radical (unpaired) electrons. The highest BCUT2D eigenvalue weighted by molar-refractivity contribution is 5.74. The van der Waals surface area contributed by atoms with Gasteiger partial charge < -0.3 is 0 Å². The van der Waals surface area contributed by atoms with Crippen molar-refractivity contribution in [1.29, 1.82) is 0 Å². The second kappa shape index (κ2) is 4.32. The SMILES string of the molecule is Cc1cc(/C=C/C=O)ccc1[N+](=O)[O-]. The molecule has 0 atom stereocenters. The number of aldehydes is 1. The summed E-state index contributed by atoms with van der Waals surface area (Å²) < 4.78 is 0. The average molecular weight is 191 g/mol. The lowest BCUT2D eigenvalue weighted by Gasteiger charge is -1.97. The number of nitrogens with zero attached hydrogens (tertiary/aromatic N) is 1. The van der Waals surface area contributed by atoms with Gasteiger partial charge in [0.05, 0.1) is 4.92 Å². The van der Waals surface area contributed by atoms with Crippen LogP contribution in [0.1, 0.15) is 11.1 Å². The number of rotatable bonds is 3. The topological polar surface area (TPSA) is 60.2 Å². The normalized spacial score (nSPS) is 10.4. The maximum absolute atomic E-state index is 10.5. The fourth-order valence-corrected chi connectivity index (χ4v) is 1.14. The van der Waals surface area contributed by atoms with Crippen LogP contribution in [0.4, 0.5) is 5.69 Å². The van der Waals surface area contributed by atoms with E-state index in [9.17, 15) is 14.9 Å². The van der Waals surface area contributed by atoms with E-state index in [2.05, 4.69) is 0 Å². The zero-order valence-corrected chi connectivity index (χ0v) is 7.64. The number of carbonyl (C=O) groups is 1. The van der Waals surface area contributed by atoms with Crippen LogP contribution in [0.25, 0.3) is 6.08 Å². The Morgan fingerprint density at radius 2 is 2.14 bits per heavy atom. The highest BCUT2D eigenvalue weighted by Gasteiger charge is 2.08. The van der Waals surface area contributed by atoms with Crippen molar-refractivity contribution in [3.63, 3.8) is 0 Å². The van der Waals surface area contributed by atoms with Crippen LogP contribution >= 0.6 is 0 Å². The molecular weight excluding hydrogens is 182 g/mol. The Morgan fingerprint density at radius 3 is 2.64 bits per heavy atom. The summed E-state index contributed by atoms with van der Waals surface area (Å²) in [6.45, 7) is 1.66. The largest absolute Gasteiger partial charge is 0.299 e. The molecule has 0 aliphatic carbocycles. The fourth-order valence-electron chi connectivity index (χ4n) is 1.14. The third-order valence-electron chi connectivity index (χ3n) is 1.78. The predicted molar refractivity (Wildman–Crippen MR) is 52.9 cm³/mol. The van der Waals surface area contributed by atoms with Crippen molar-refractivity contribution in [3.8, 4) is 0 Å². The maximum Gasteiger partial charge on any atom is 0.272 e. The molecule has 0 N–H and O–H groups in total. The summed E-state index contributed by atoms with van der Waals surface area (Å²) in [6, 6.07) is 4.70. The van der Waals surface area contributed by atoms with Crippen molar-refractivity contribution >= 4 is 18.0 Å². The lowest BCUT2D eigenvalue weighted by atomic mass is 10.1. The van der Waals surface area contributed by atoms with Crippen molar-refractivity contribution in [1.82, 2.24) is 0 Å². The molecule has 0 bridgehead atoms. The summed E-state index contributed by atoms with van der Waals surface area (Å²) in [4.78, 5) is 20.1. The third kappa shape index (κ3) is 2.26. The van der Waals surface area contributed by atoms with Crippen LogP contribution in [0, 0.1) is 17.0 Å². The van der Waals surface area contributed by atoms with Crippen molar-refractivity contribution in [2.45, 2.75) is 6.92 Å². The number of carbonyl (C=O) groups excluding carboxylic acids is 1. The maximum atomic E-state index is 10.5. The Balaban J connectivity index is 3.06. The molecule has 1 aromatic rings. The average Bonchev–Trinajstić information content (AvgIpc) is 2.14. The Kier molecular flexibility index (Phi) is 3.12. The molecule has 14 heavy (non-hydrogen) atoms. The first-order chi connectivity index (χ1) is 6.65. The number of allylic oxidation sites excluding steroid dienone is 1. The highest BCUT2D eigenvalue weighted by Crippen LogP contribution is 2.19.